The van der Waals surface area contributed by atoms with Crippen LogP contribution in [0.5, 0.6) is 0 Å². The van der Waals surface area contributed by atoms with Gasteiger partial charge in [0, 0.05) is 6.92 Å². The molecule has 0 aliphatic carbocycles. The molecule has 37 heteroatoms. The van der Waals surface area contributed by atoms with Crippen LogP contribution >= 0.6 is 0 Å². The van der Waals surface area contributed by atoms with Gasteiger partial charge in [-0.15, -0.1) is 0 Å². The fourth-order valence-corrected chi connectivity index (χ4v) is 6.78. The van der Waals surface area contributed by atoms with Crippen molar-refractivity contribution in [2.45, 2.75) is 179 Å². The summed E-state index contributed by atoms with van der Waals surface area (Å²) < 4.78 is 30.5. The summed E-state index contributed by atoms with van der Waals surface area (Å²) in [6, 6.07) is -1.32. The van der Waals surface area contributed by atoms with Crippen LogP contribution in [-0.2, 0) is 42.8 Å². The Labute approximate surface area is 466 Å². The first kappa shape index (κ1) is 74.0. The van der Waals surface area contributed by atoms with Gasteiger partial charge in [-0.3, -0.25) is 4.79 Å². The third-order valence-corrected chi connectivity index (χ3v) is 11.3. The van der Waals surface area contributed by atoms with Gasteiger partial charge in [-0.2, -0.15) is 0 Å². The zero-order valence-corrected chi connectivity index (χ0v) is 42.9. The van der Waals surface area contributed by atoms with Crippen LogP contribution in [0.15, 0.2) is 0 Å². The van der Waals surface area contributed by atoms with Crippen LogP contribution in [0, 0.1) is 0 Å². The van der Waals surface area contributed by atoms with Crippen LogP contribution in [0.2, 0.25) is 0 Å². The van der Waals surface area contributed by atoms with Gasteiger partial charge >= 0.3 is 51.4 Å². The number of aliphatic hydroxyl groups is 25. The molecule has 0 aromatic carbocycles. The van der Waals surface area contributed by atoms with Crippen LogP contribution in [0.4, 0.5) is 0 Å². The Morgan fingerprint density at radius 1 is 0.493 bits per heavy atom. The van der Waals surface area contributed by atoms with Gasteiger partial charge in [0.15, 0.2) is 25.2 Å². The zero-order chi connectivity index (χ0) is 57.2. The van der Waals surface area contributed by atoms with Gasteiger partial charge in [-0.05, 0) is 0 Å². The van der Waals surface area contributed by atoms with Crippen molar-refractivity contribution >= 4 is 18.2 Å². The van der Waals surface area contributed by atoms with Gasteiger partial charge in [0.25, 0.3) is 0 Å². The van der Waals surface area contributed by atoms with E-state index >= 15 is 0 Å². The fourth-order valence-electron chi connectivity index (χ4n) is 6.78. The number of aliphatic carboxylic acids is 1. The second-order valence-corrected chi connectivity index (χ2v) is 16.6. The third-order valence-electron chi connectivity index (χ3n) is 11.3. The molecule has 0 aromatic heterocycles. The van der Waals surface area contributed by atoms with Crippen molar-refractivity contribution in [1.29, 1.82) is 0 Å². The number of carbonyl (C=O) groups is 3. The van der Waals surface area contributed by atoms with Crippen molar-refractivity contribution in [1.82, 2.24) is 5.32 Å². The van der Waals surface area contributed by atoms with Gasteiger partial charge in [0.1, 0.15) is 153 Å². The Kier molecular flexibility index (Phi) is 35.2. The first-order chi connectivity index (χ1) is 34.5. The van der Waals surface area contributed by atoms with Crippen molar-refractivity contribution in [3.05, 3.63) is 0 Å². The molecular weight excluding hydrogens is 1070 g/mol. The molecule has 1 amide bonds. The summed E-state index contributed by atoms with van der Waals surface area (Å²) in [5, 5.41) is 245. The summed E-state index contributed by atoms with van der Waals surface area (Å²) in [6.07, 6.45) is -43.9. The SMILES string of the molecule is CC(=O)N[C@@H](C=O)[C@@H](O)[C@H](O)[C@H](O)CO.O=C([O-])[C@H](O)[C@@H](O)[C@H](O)[C@H](O)CO.OC[C@H]1O[C@@H](O[C@H]2[C@H](O)[C@@H](O)[C@@H](O)O[C@@H]2CO)[C@H](O)[C@@H](O)[C@H]1O.OC[C@H]1O[C@H](O[C@H]2[C@H](O)[C@@H](O)[C@H](O)O[C@@H]2CO)[C@H](O)[C@@H](O)[C@@H]1O.[K+]. The van der Waals surface area contributed by atoms with E-state index in [2.05, 4.69) is 5.32 Å². The summed E-state index contributed by atoms with van der Waals surface area (Å²) >= 11 is 0. The maximum atomic E-state index is 10.6. The summed E-state index contributed by atoms with van der Waals surface area (Å²) in [7, 11) is 0. The average molecular weight is 1140 g/mol. The summed E-state index contributed by atoms with van der Waals surface area (Å²) in [6.45, 7) is -3.18. The number of carbonyl (C=O) groups excluding carboxylic acids is 3. The molecule has 0 radical (unpaired) electrons. The quantitative estimate of drug-likeness (QED) is 0.0422. The first-order valence-corrected chi connectivity index (χ1v) is 21.9. The predicted molar refractivity (Wildman–Crippen MR) is 222 cm³/mol. The van der Waals surface area contributed by atoms with Crippen LogP contribution < -0.4 is 61.8 Å². The standard InChI is InChI=1S/2C12H22O11.C8H15NO6.C6H12O7.K/c2*13-1-3-5(15)6(16)9(19)12(22-3)23-10-4(2-14)21-11(20)8(18)7(10)17;1-4(12)9-5(2-10)7(14)8(15)6(13)3-11;7-1-2(8)3(9)4(10)5(11)6(12)13;/h2*3-20H,1-2H2;2,5-8,11,13-15H,3H2,1H3,(H,9,12);2-5,7-11H,1H2,(H,12,13);/q;;;;+1/p-1/t3-,4-,5+,6+,7-,8-,9-,10-,11+,12+;3-,4-,5-,6+,7-,8-,9-,10-,11-,12-;5-,6+,7+,8+;2-,3-,4+,5-;/m1101./s1. The van der Waals surface area contributed by atoms with Crippen LogP contribution in [0.3, 0.4) is 0 Å². The van der Waals surface area contributed by atoms with Crippen LogP contribution in [-0.4, -0.2) is 357 Å². The van der Waals surface area contributed by atoms with E-state index in [0.29, 0.717) is 0 Å². The Morgan fingerprint density at radius 3 is 1.11 bits per heavy atom. The minimum atomic E-state index is -2.31. The monoisotopic (exact) mass is 1140 g/mol. The second-order valence-electron chi connectivity index (χ2n) is 16.6. The molecule has 28 atom stereocenters. The third kappa shape index (κ3) is 20.8. The van der Waals surface area contributed by atoms with E-state index in [4.69, 9.17) is 74.4 Å². The maximum absolute atomic E-state index is 10.6. The minimum Gasteiger partial charge on any atom is -0.547 e. The number of amides is 1. The van der Waals surface area contributed by atoms with Crippen LogP contribution in [0.1, 0.15) is 6.92 Å². The van der Waals surface area contributed by atoms with E-state index in [9.17, 15) is 101 Å². The molecule has 36 nitrogen and oxygen atoms in total. The normalized spacial score (nSPS) is 39.0. The molecule has 26 N–H and O–H groups in total. The molecule has 4 rings (SSSR count). The number of aldehydes is 1. The summed E-state index contributed by atoms with van der Waals surface area (Å²) in [5.41, 5.74) is 0. The average Bonchev–Trinajstić information content (AvgIpc) is 3.38. The topological polar surface area (TPSA) is 647 Å². The molecule has 0 spiro atoms. The number of carboxylic acid groups (broad SMARTS) is 1. The number of rotatable bonds is 19. The van der Waals surface area contributed by atoms with E-state index in [1.165, 1.54) is 0 Å². The molecule has 0 aromatic rings. The van der Waals surface area contributed by atoms with Gasteiger partial charge in [-0.25, -0.2) is 0 Å². The molecular formula is C38H70KNO35. The Hall–Kier alpha value is -0.994. The number of hydrogen-bond donors (Lipinski definition) is 26. The van der Waals surface area contributed by atoms with Crippen molar-refractivity contribution < 1.29 is 227 Å². The first-order valence-electron chi connectivity index (χ1n) is 21.9. The molecule has 0 unspecified atom stereocenters. The van der Waals surface area contributed by atoms with Gasteiger partial charge < -0.3 is 176 Å². The number of ether oxygens (including phenoxy) is 6. The maximum Gasteiger partial charge on any atom is 1.00 e. The molecule has 0 bridgehead atoms. The second kappa shape index (κ2) is 35.7. The molecule has 4 heterocycles. The zero-order valence-electron chi connectivity index (χ0n) is 39.7. The van der Waals surface area contributed by atoms with Crippen molar-refractivity contribution in [2.75, 3.05) is 39.6 Å². The molecule has 4 aliphatic heterocycles. The van der Waals surface area contributed by atoms with E-state index in [-0.39, 0.29) is 57.7 Å². The fraction of sp³-hybridized carbons (Fsp3) is 0.921. The Morgan fingerprint density at radius 2 is 0.827 bits per heavy atom. The number of nitrogens with one attached hydrogen (secondary N) is 1. The predicted octanol–water partition coefficient (Wildman–Crippen LogP) is -21.9. The summed E-state index contributed by atoms with van der Waals surface area (Å²) in [5.74, 6) is -2.53. The largest absolute Gasteiger partial charge is 1.00 e. The van der Waals surface area contributed by atoms with Crippen LogP contribution in [0.25, 0.3) is 0 Å². The number of hydrogen-bond acceptors (Lipinski definition) is 35. The van der Waals surface area contributed by atoms with E-state index < -0.39 is 223 Å². The molecule has 75 heavy (non-hydrogen) atoms. The van der Waals surface area contributed by atoms with Crippen molar-refractivity contribution in [2.24, 2.45) is 0 Å². The smallest absolute Gasteiger partial charge is 0.547 e. The summed E-state index contributed by atoms with van der Waals surface area (Å²) in [4.78, 5) is 31.1. The van der Waals surface area contributed by atoms with Crippen molar-refractivity contribution in [3.63, 3.8) is 0 Å². The molecule has 4 fully saturated rings. The Balaban J connectivity index is 0.000000999. The van der Waals surface area contributed by atoms with Gasteiger partial charge in [0.05, 0.1) is 45.6 Å². The number of aliphatic hydroxyl groups excluding tert-OH is 25. The van der Waals surface area contributed by atoms with E-state index in [0.717, 1.165) is 6.92 Å². The number of carboxylic acids is 1. The minimum absolute atomic E-state index is 0. The molecule has 4 saturated heterocycles. The van der Waals surface area contributed by atoms with Crippen molar-refractivity contribution in [3.8, 4) is 0 Å². The van der Waals surface area contributed by atoms with Gasteiger partial charge in [-0.1, -0.05) is 0 Å². The molecule has 438 valence electrons. The Bertz CT molecular complexity index is 1530. The van der Waals surface area contributed by atoms with Gasteiger partial charge in [0.2, 0.25) is 5.91 Å². The molecule has 4 aliphatic rings. The van der Waals surface area contributed by atoms with E-state index in [1.54, 1.807) is 0 Å². The van der Waals surface area contributed by atoms with E-state index in [1.807, 2.05) is 0 Å². The molecule has 0 saturated carbocycles.